The molecule has 0 unspecified atom stereocenters. The molecule has 0 bridgehead atoms. The monoisotopic (exact) mass is 319 g/mol. The quantitative estimate of drug-likeness (QED) is 0.680. The van der Waals surface area contributed by atoms with Crippen LogP contribution in [-0.4, -0.2) is 20.5 Å². The van der Waals surface area contributed by atoms with Crippen LogP contribution in [0.1, 0.15) is 15.9 Å². The van der Waals surface area contributed by atoms with Crippen LogP contribution in [0.3, 0.4) is 0 Å². The highest BCUT2D eigenvalue weighted by Gasteiger charge is 2.06. The SMILES string of the molecule is CS(=O)(=O)Nc1cccc(C(=O)/C=C/c2cccc(F)c2)c1. The van der Waals surface area contributed by atoms with Crippen LogP contribution < -0.4 is 4.72 Å². The first-order valence-electron chi connectivity index (χ1n) is 6.39. The van der Waals surface area contributed by atoms with Crippen molar-refractivity contribution in [3.63, 3.8) is 0 Å². The van der Waals surface area contributed by atoms with Gasteiger partial charge in [-0.25, -0.2) is 12.8 Å². The Morgan fingerprint density at radius 2 is 1.86 bits per heavy atom. The van der Waals surface area contributed by atoms with E-state index in [4.69, 9.17) is 0 Å². The number of sulfonamides is 1. The van der Waals surface area contributed by atoms with Crippen molar-refractivity contribution in [1.29, 1.82) is 0 Å². The van der Waals surface area contributed by atoms with Gasteiger partial charge in [-0.1, -0.05) is 30.3 Å². The molecule has 1 N–H and O–H groups in total. The van der Waals surface area contributed by atoms with E-state index in [0.717, 1.165) is 6.26 Å². The molecule has 0 aliphatic rings. The minimum atomic E-state index is -3.40. The Labute approximate surface area is 128 Å². The predicted octanol–water partition coefficient (Wildman–Crippen LogP) is 3.09. The summed E-state index contributed by atoms with van der Waals surface area (Å²) < 4.78 is 37.7. The Bertz CT molecular complexity index is 829. The van der Waals surface area contributed by atoms with Gasteiger partial charge in [0.2, 0.25) is 10.0 Å². The fourth-order valence-corrected chi connectivity index (χ4v) is 2.38. The maximum Gasteiger partial charge on any atom is 0.229 e. The van der Waals surface area contributed by atoms with Gasteiger partial charge in [0, 0.05) is 11.3 Å². The summed E-state index contributed by atoms with van der Waals surface area (Å²) in [6, 6.07) is 12.0. The zero-order chi connectivity index (χ0) is 16.2. The van der Waals surface area contributed by atoms with E-state index in [9.17, 15) is 17.6 Å². The average Bonchev–Trinajstić information content (AvgIpc) is 2.43. The molecule has 0 saturated heterocycles. The van der Waals surface area contributed by atoms with Crippen molar-refractivity contribution in [2.24, 2.45) is 0 Å². The molecule has 0 aromatic heterocycles. The molecule has 2 rings (SSSR count). The molecular formula is C16H14FNO3S. The molecule has 0 atom stereocenters. The summed E-state index contributed by atoms with van der Waals surface area (Å²) in [7, 11) is -3.40. The molecular weight excluding hydrogens is 305 g/mol. The molecule has 114 valence electrons. The highest BCUT2D eigenvalue weighted by molar-refractivity contribution is 7.92. The molecule has 0 aliphatic carbocycles. The number of hydrogen-bond donors (Lipinski definition) is 1. The molecule has 0 saturated carbocycles. The number of carbonyl (C=O) groups is 1. The number of halogens is 1. The molecule has 2 aromatic carbocycles. The van der Waals surface area contributed by atoms with Crippen molar-refractivity contribution in [2.75, 3.05) is 11.0 Å². The number of ketones is 1. The fraction of sp³-hybridized carbons (Fsp3) is 0.0625. The van der Waals surface area contributed by atoms with Gasteiger partial charge in [-0.3, -0.25) is 9.52 Å². The first kappa shape index (κ1) is 15.9. The van der Waals surface area contributed by atoms with Crippen LogP contribution in [0.2, 0.25) is 0 Å². The zero-order valence-electron chi connectivity index (χ0n) is 11.8. The lowest BCUT2D eigenvalue weighted by Crippen LogP contribution is -2.10. The number of hydrogen-bond acceptors (Lipinski definition) is 3. The lowest BCUT2D eigenvalue weighted by Gasteiger charge is -2.04. The van der Waals surface area contributed by atoms with Gasteiger partial charge in [0.15, 0.2) is 5.78 Å². The number of carbonyl (C=O) groups excluding carboxylic acids is 1. The summed E-state index contributed by atoms with van der Waals surface area (Å²) in [4.78, 5) is 12.1. The van der Waals surface area contributed by atoms with Gasteiger partial charge >= 0.3 is 0 Å². The molecule has 0 spiro atoms. The van der Waals surface area contributed by atoms with Gasteiger partial charge in [-0.05, 0) is 35.9 Å². The van der Waals surface area contributed by atoms with E-state index < -0.39 is 10.0 Å². The van der Waals surface area contributed by atoms with Crippen LogP contribution in [0.25, 0.3) is 6.08 Å². The number of nitrogens with one attached hydrogen (secondary N) is 1. The summed E-state index contributed by atoms with van der Waals surface area (Å²) in [5.41, 5.74) is 1.22. The molecule has 0 radical (unpaired) electrons. The minimum Gasteiger partial charge on any atom is -0.289 e. The van der Waals surface area contributed by atoms with E-state index in [1.54, 1.807) is 30.3 Å². The van der Waals surface area contributed by atoms with Crippen molar-refractivity contribution in [3.05, 3.63) is 71.6 Å². The van der Waals surface area contributed by atoms with E-state index in [1.807, 2.05) is 0 Å². The summed E-state index contributed by atoms with van der Waals surface area (Å²) in [6.07, 6.45) is 3.85. The molecule has 0 fully saturated rings. The van der Waals surface area contributed by atoms with Crippen LogP contribution in [0.5, 0.6) is 0 Å². The fourth-order valence-electron chi connectivity index (χ4n) is 1.83. The molecule has 0 amide bonds. The maximum absolute atomic E-state index is 13.0. The lowest BCUT2D eigenvalue weighted by molar-refractivity contribution is 0.104. The topological polar surface area (TPSA) is 63.2 Å². The Kier molecular flexibility index (Phi) is 4.72. The zero-order valence-corrected chi connectivity index (χ0v) is 12.6. The smallest absolute Gasteiger partial charge is 0.229 e. The average molecular weight is 319 g/mol. The summed E-state index contributed by atoms with van der Waals surface area (Å²) in [5, 5.41) is 0. The van der Waals surface area contributed by atoms with Crippen molar-refractivity contribution in [1.82, 2.24) is 0 Å². The summed E-state index contributed by atoms with van der Waals surface area (Å²) >= 11 is 0. The first-order chi connectivity index (χ1) is 10.3. The van der Waals surface area contributed by atoms with Crippen LogP contribution in [0.4, 0.5) is 10.1 Å². The van der Waals surface area contributed by atoms with Crippen molar-refractivity contribution in [3.8, 4) is 0 Å². The molecule has 2 aromatic rings. The minimum absolute atomic E-state index is 0.304. The third-order valence-corrected chi connectivity index (χ3v) is 3.33. The Balaban J connectivity index is 2.18. The number of anilines is 1. The molecule has 6 heteroatoms. The predicted molar refractivity (Wildman–Crippen MR) is 84.7 cm³/mol. The third-order valence-electron chi connectivity index (χ3n) is 2.73. The second-order valence-corrected chi connectivity index (χ2v) is 6.46. The Hall–Kier alpha value is -2.47. The van der Waals surface area contributed by atoms with Crippen LogP contribution in [0.15, 0.2) is 54.6 Å². The van der Waals surface area contributed by atoms with Crippen molar-refractivity contribution in [2.45, 2.75) is 0 Å². The van der Waals surface area contributed by atoms with Gasteiger partial charge < -0.3 is 0 Å². The van der Waals surface area contributed by atoms with Gasteiger partial charge in [-0.2, -0.15) is 0 Å². The molecule has 0 heterocycles. The van der Waals surface area contributed by atoms with E-state index >= 15 is 0 Å². The van der Waals surface area contributed by atoms with E-state index in [2.05, 4.69) is 4.72 Å². The lowest BCUT2D eigenvalue weighted by atomic mass is 10.1. The van der Waals surface area contributed by atoms with E-state index in [-0.39, 0.29) is 11.6 Å². The van der Waals surface area contributed by atoms with Crippen LogP contribution in [0, 0.1) is 5.82 Å². The van der Waals surface area contributed by atoms with Crippen molar-refractivity contribution < 1.29 is 17.6 Å². The first-order valence-corrected chi connectivity index (χ1v) is 8.28. The summed E-state index contributed by atoms with van der Waals surface area (Å²) in [5.74, 6) is -0.685. The number of allylic oxidation sites excluding steroid dienone is 1. The highest BCUT2D eigenvalue weighted by Crippen LogP contribution is 2.14. The molecule has 4 nitrogen and oxygen atoms in total. The third kappa shape index (κ3) is 4.82. The summed E-state index contributed by atoms with van der Waals surface area (Å²) in [6.45, 7) is 0. The van der Waals surface area contributed by atoms with Crippen molar-refractivity contribution >= 4 is 27.6 Å². The second-order valence-electron chi connectivity index (χ2n) is 4.71. The maximum atomic E-state index is 13.0. The van der Waals surface area contributed by atoms with E-state index in [1.165, 1.54) is 30.4 Å². The van der Waals surface area contributed by atoms with E-state index in [0.29, 0.717) is 16.8 Å². The normalized spacial score (nSPS) is 11.5. The second kappa shape index (κ2) is 6.53. The van der Waals surface area contributed by atoms with Gasteiger partial charge in [-0.15, -0.1) is 0 Å². The molecule has 22 heavy (non-hydrogen) atoms. The number of benzene rings is 2. The van der Waals surface area contributed by atoms with Crippen LogP contribution >= 0.6 is 0 Å². The Morgan fingerprint density at radius 1 is 1.14 bits per heavy atom. The Morgan fingerprint density at radius 3 is 2.55 bits per heavy atom. The number of rotatable bonds is 5. The largest absolute Gasteiger partial charge is 0.289 e. The highest BCUT2D eigenvalue weighted by atomic mass is 32.2. The molecule has 0 aliphatic heterocycles. The standard InChI is InChI=1S/C16H14FNO3S/c1-22(20,21)18-15-7-3-5-13(11-15)16(19)9-8-12-4-2-6-14(17)10-12/h2-11,18H,1H3/b9-8+. The van der Waals surface area contributed by atoms with Gasteiger partial charge in [0.25, 0.3) is 0 Å². The van der Waals surface area contributed by atoms with Crippen LogP contribution in [-0.2, 0) is 10.0 Å². The van der Waals surface area contributed by atoms with Gasteiger partial charge in [0.05, 0.1) is 6.26 Å². The van der Waals surface area contributed by atoms with Gasteiger partial charge in [0.1, 0.15) is 5.82 Å².